The van der Waals surface area contributed by atoms with Gasteiger partial charge in [0.2, 0.25) is 0 Å². The van der Waals surface area contributed by atoms with Crippen molar-refractivity contribution >= 4 is 23.6 Å². The maximum atomic E-state index is 11.6. The molecule has 1 saturated heterocycles. The molecule has 2 aromatic heterocycles. The number of hydrogen-bond acceptors (Lipinski definition) is 3. The Bertz CT molecular complexity index is 528. The van der Waals surface area contributed by atoms with Gasteiger partial charge in [0.05, 0.1) is 11.6 Å². The van der Waals surface area contributed by atoms with Crippen LogP contribution in [-0.4, -0.2) is 27.6 Å². The zero-order valence-corrected chi connectivity index (χ0v) is 8.75. The second kappa shape index (κ2) is 3.67. The number of halogens is 1. The number of nitrogens with zero attached hydrogens (tertiary/aromatic N) is 2. The first kappa shape index (κ1) is 10.2. The van der Waals surface area contributed by atoms with E-state index in [-0.39, 0.29) is 24.1 Å². The van der Waals surface area contributed by atoms with Crippen molar-refractivity contribution in [2.24, 2.45) is 0 Å². The number of aromatic nitrogens is 3. The summed E-state index contributed by atoms with van der Waals surface area (Å²) in [4.78, 5) is 18.5. The molecule has 0 spiro atoms. The van der Waals surface area contributed by atoms with Crippen LogP contribution in [0.3, 0.4) is 0 Å². The summed E-state index contributed by atoms with van der Waals surface area (Å²) in [6, 6.07) is 4.04. The molecule has 0 bridgehead atoms. The van der Waals surface area contributed by atoms with E-state index in [0.717, 1.165) is 18.6 Å². The molecular weight excluding hydrogens is 216 g/mol. The third-order valence-electron chi connectivity index (χ3n) is 2.62. The minimum Gasteiger partial charge on any atom is -0.313 e. The summed E-state index contributed by atoms with van der Waals surface area (Å²) in [6.45, 7) is 1.73. The van der Waals surface area contributed by atoms with Crippen molar-refractivity contribution in [2.45, 2.75) is 6.04 Å². The summed E-state index contributed by atoms with van der Waals surface area (Å²) in [5, 5.41) is 3.15. The monoisotopic (exact) mass is 226 g/mol. The SMILES string of the molecule is Cl.O=c1[nH]c2ncccc2n1C1CNC1. The Morgan fingerprint density at radius 1 is 1.47 bits per heavy atom. The lowest BCUT2D eigenvalue weighted by Crippen LogP contribution is -2.46. The lowest BCUT2D eigenvalue weighted by molar-refractivity contribution is 0.344. The molecule has 3 rings (SSSR count). The predicted octanol–water partition coefficient (Wildman–Crippen LogP) is 0.291. The molecule has 0 unspecified atom stereocenters. The van der Waals surface area contributed by atoms with E-state index in [9.17, 15) is 4.79 Å². The van der Waals surface area contributed by atoms with E-state index < -0.39 is 0 Å². The van der Waals surface area contributed by atoms with Gasteiger partial charge in [-0.05, 0) is 12.1 Å². The largest absolute Gasteiger partial charge is 0.328 e. The van der Waals surface area contributed by atoms with Crippen LogP contribution >= 0.6 is 12.4 Å². The van der Waals surface area contributed by atoms with Gasteiger partial charge in [-0.1, -0.05) is 0 Å². The molecule has 0 saturated carbocycles. The van der Waals surface area contributed by atoms with Gasteiger partial charge in [0.1, 0.15) is 0 Å². The van der Waals surface area contributed by atoms with Crippen LogP contribution in [0.5, 0.6) is 0 Å². The Morgan fingerprint density at radius 3 is 2.93 bits per heavy atom. The fraction of sp³-hybridized carbons (Fsp3) is 0.333. The highest BCUT2D eigenvalue weighted by molar-refractivity contribution is 5.85. The van der Waals surface area contributed by atoms with Gasteiger partial charge in [0.15, 0.2) is 5.65 Å². The highest BCUT2D eigenvalue weighted by Crippen LogP contribution is 2.15. The second-order valence-electron chi connectivity index (χ2n) is 3.48. The van der Waals surface area contributed by atoms with E-state index in [4.69, 9.17) is 0 Å². The smallest absolute Gasteiger partial charge is 0.313 e. The standard InChI is InChI=1S/C9H10N4O.ClH/c14-9-12-8-7(2-1-3-11-8)13(9)6-4-10-5-6;/h1-3,6,10H,4-5H2,(H,11,12,14);1H. The number of H-pyrrole nitrogens is 1. The number of rotatable bonds is 1. The fourth-order valence-corrected chi connectivity index (χ4v) is 1.78. The summed E-state index contributed by atoms with van der Waals surface area (Å²) < 4.78 is 1.78. The molecule has 0 aromatic carbocycles. The first-order valence-corrected chi connectivity index (χ1v) is 4.62. The second-order valence-corrected chi connectivity index (χ2v) is 3.48. The maximum absolute atomic E-state index is 11.6. The molecular formula is C9H11ClN4O. The van der Waals surface area contributed by atoms with Crippen molar-refractivity contribution in [3.8, 4) is 0 Å². The first-order valence-electron chi connectivity index (χ1n) is 4.62. The van der Waals surface area contributed by atoms with Crippen molar-refractivity contribution in [3.05, 3.63) is 28.8 Å². The van der Waals surface area contributed by atoms with Gasteiger partial charge in [-0.2, -0.15) is 0 Å². The molecule has 0 aliphatic carbocycles. The quantitative estimate of drug-likeness (QED) is 0.735. The molecule has 2 aromatic rings. The molecule has 0 amide bonds. The number of imidazole rings is 1. The molecule has 1 aliphatic heterocycles. The zero-order chi connectivity index (χ0) is 9.54. The number of hydrogen-bond donors (Lipinski definition) is 2. The normalized spacial score (nSPS) is 16.0. The van der Waals surface area contributed by atoms with E-state index in [1.54, 1.807) is 10.8 Å². The Balaban J connectivity index is 0.000000853. The maximum Gasteiger partial charge on any atom is 0.328 e. The van der Waals surface area contributed by atoms with Crippen molar-refractivity contribution in [3.63, 3.8) is 0 Å². The summed E-state index contributed by atoms with van der Waals surface area (Å²) in [5.74, 6) is 0. The van der Waals surface area contributed by atoms with Crippen molar-refractivity contribution in [1.29, 1.82) is 0 Å². The molecule has 80 valence electrons. The summed E-state index contributed by atoms with van der Waals surface area (Å²) in [6.07, 6.45) is 1.68. The summed E-state index contributed by atoms with van der Waals surface area (Å²) >= 11 is 0. The van der Waals surface area contributed by atoms with Gasteiger partial charge in [-0.25, -0.2) is 9.78 Å². The van der Waals surface area contributed by atoms with Crippen molar-refractivity contribution in [1.82, 2.24) is 19.9 Å². The van der Waals surface area contributed by atoms with Crippen LogP contribution < -0.4 is 11.0 Å². The Labute approximate surface area is 91.9 Å². The summed E-state index contributed by atoms with van der Waals surface area (Å²) in [5.41, 5.74) is 1.50. The van der Waals surface area contributed by atoms with Gasteiger partial charge < -0.3 is 5.32 Å². The van der Waals surface area contributed by atoms with E-state index >= 15 is 0 Å². The highest BCUT2D eigenvalue weighted by atomic mass is 35.5. The van der Waals surface area contributed by atoms with Gasteiger partial charge in [0.25, 0.3) is 0 Å². The van der Waals surface area contributed by atoms with Crippen LogP contribution in [0.2, 0.25) is 0 Å². The van der Waals surface area contributed by atoms with Gasteiger partial charge in [-0.3, -0.25) is 9.55 Å². The van der Waals surface area contributed by atoms with Crippen LogP contribution in [0, 0.1) is 0 Å². The Hall–Kier alpha value is -1.33. The third-order valence-corrected chi connectivity index (χ3v) is 2.62. The average molecular weight is 227 g/mol. The van der Waals surface area contributed by atoms with Gasteiger partial charge in [-0.15, -0.1) is 12.4 Å². The number of aromatic amines is 1. The minimum atomic E-state index is -0.0646. The Morgan fingerprint density at radius 2 is 2.27 bits per heavy atom. The number of nitrogens with one attached hydrogen (secondary N) is 2. The molecule has 0 atom stereocenters. The van der Waals surface area contributed by atoms with E-state index in [0.29, 0.717) is 5.65 Å². The zero-order valence-electron chi connectivity index (χ0n) is 7.93. The molecule has 0 radical (unpaired) electrons. The lowest BCUT2D eigenvalue weighted by Gasteiger charge is -2.27. The van der Waals surface area contributed by atoms with Crippen molar-refractivity contribution < 1.29 is 0 Å². The van der Waals surface area contributed by atoms with Crippen LogP contribution in [-0.2, 0) is 0 Å². The molecule has 3 heterocycles. The van der Waals surface area contributed by atoms with Crippen molar-refractivity contribution in [2.75, 3.05) is 13.1 Å². The summed E-state index contributed by atoms with van der Waals surface area (Å²) in [7, 11) is 0. The molecule has 15 heavy (non-hydrogen) atoms. The average Bonchev–Trinajstić information content (AvgIpc) is 2.41. The van der Waals surface area contributed by atoms with Crippen LogP contribution in [0.15, 0.2) is 23.1 Å². The lowest BCUT2D eigenvalue weighted by atomic mass is 10.2. The van der Waals surface area contributed by atoms with E-state index in [1.165, 1.54) is 0 Å². The van der Waals surface area contributed by atoms with Gasteiger partial charge in [0, 0.05) is 19.3 Å². The van der Waals surface area contributed by atoms with Crippen LogP contribution in [0.4, 0.5) is 0 Å². The highest BCUT2D eigenvalue weighted by Gasteiger charge is 2.22. The molecule has 6 heteroatoms. The first-order chi connectivity index (χ1) is 6.86. The van der Waals surface area contributed by atoms with E-state index in [1.807, 2.05) is 12.1 Å². The molecule has 1 aliphatic rings. The van der Waals surface area contributed by atoms with E-state index in [2.05, 4.69) is 15.3 Å². The third kappa shape index (κ3) is 1.44. The topological polar surface area (TPSA) is 62.7 Å². The molecule has 5 nitrogen and oxygen atoms in total. The van der Waals surface area contributed by atoms with Crippen LogP contribution in [0.1, 0.15) is 6.04 Å². The number of fused-ring (bicyclic) bond motifs is 1. The molecule has 1 fully saturated rings. The number of pyridine rings is 1. The molecule has 2 N–H and O–H groups in total. The fourth-order valence-electron chi connectivity index (χ4n) is 1.78. The Kier molecular flexibility index (Phi) is 2.50. The van der Waals surface area contributed by atoms with Gasteiger partial charge >= 0.3 is 5.69 Å². The minimum absolute atomic E-state index is 0. The van der Waals surface area contributed by atoms with Crippen LogP contribution in [0.25, 0.3) is 11.2 Å². The predicted molar refractivity (Wildman–Crippen MR) is 59.5 cm³/mol.